The smallest absolute Gasteiger partial charge is 0.264 e. The fourth-order valence-electron chi connectivity index (χ4n) is 4.78. The van der Waals surface area contributed by atoms with Crippen LogP contribution in [0.3, 0.4) is 0 Å². The molecule has 3 aromatic rings. The van der Waals surface area contributed by atoms with Gasteiger partial charge in [0.25, 0.3) is 10.0 Å². The summed E-state index contributed by atoms with van der Waals surface area (Å²) < 4.78 is 28.8. The maximum atomic E-state index is 14.0. The van der Waals surface area contributed by atoms with Crippen LogP contribution in [0.25, 0.3) is 0 Å². The Balaban J connectivity index is 1.70. The SMILES string of the molecule is Cc1ccc(S(=O)(=O)N(CC(=O)N(Cc2ccccc2)[C@H](C)C(=O)NC2CCCC2)c2cc(Cl)ccc2Cl)cc1. The molecular formula is C30H33Cl2N3O4S. The predicted molar refractivity (Wildman–Crippen MR) is 159 cm³/mol. The number of benzene rings is 3. The minimum atomic E-state index is -4.23. The van der Waals surface area contributed by atoms with Gasteiger partial charge in [-0.25, -0.2) is 8.42 Å². The second-order valence-corrected chi connectivity index (χ2v) is 12.8. The van der Waals surface area contributed by atoms with Gasteiger partial charge in [-0.3, -0.25) is 13.9 Å². The number of carbonyl (C=O) groups is 2. The van der Waals surface area contributed by atoms with Crippen LogP contribution < -0.4 is 9.62 Å². The zero-order chi connectivity index (χ0) is 28.9. The van der Waals surface area contributed by atoms with E-state index < -0.39 is 28.5 Å². The van der Waals surface area contributed by atoms with Crippen LogP contribution in [0.15, 0.2) is 77.7 Å². The molecule has 1 fully saturated rings. The first kappa shape index (κ1) is 29.9. The molecule has 0 heterocycles. The van der Waals surface area contributed by atoms with Gasteiger partial charge < -0.3 is 10.2 Å². The van der Waals surface area contributed by atoms with Crippen molar-refractivity contribution in [3.8, 4) is 0 Å². The van der Waals surface area contributed by atoms with Gasteiger partial charge in [-0.2, -0.15) is 0 Å². The van der Waals surface area contributed by atoms with E-state index in [2.05, 4.69) is 5.32 Å². The Labute approximate surface area is 246 Å². The maximum absolute atomic E-state index is 14.0. The van der Waals surface area contributed by atoms with Crippen LogP contribution in [0.1, 0.15) is 43.7 Å². The van der Waals surface area contributed by atoms with E-state index in [-0.39, 0.29) is 39.1 Å². The number of anilines is 1. The summed E-state index contributed by atoms with van der Waals surface area (Å²) in [7, 11) is -4.23. The molecule has 212 valence electrons. The number of hydrogen-bond donors (Lipinski definition) is 1. The monoisotopic (exact) mass is 601 g/mol. The molecule has 40 heavy (non-hydrogen) atoms. The normalized spacial score (nSPS) is 14.5. The standard InChI is InChI=1S/C30H33Cl2N3O4S/c1-21-12-15-26(16-13-21)40(38,39)35(28-18-24(31)14-17-27(28)32)20-29(36)34(19-23-8-4-3-5-9-23)22(2)30(37)33-25-10-6-7-11-25/h3-5,8-9,12-18,22,25H,6-7,10-11,19-20H2,1-2H3,(H,33,37)/t22-/m1/s1. The maximum Gasteiger partial charge on any atom is 0.264 e. The first-order chi connectivity index (χ1) is 19.1. The average Bonchev–Trinajstić information content (AvgIpc) is 3.45. The molecule has 1 aliphatic rings. The third-order valence-electron chi connectivity index (χ3n) is 7.13. The molecular weight excluding hydrogens is 569 g/mol. The molecule has 4 rings (SSSR count). The van der Waals surface area contributed by atoms with Crippen LogP contribution in [0.5, 0.6) is 0 Å². The first-order valence-electron chi connectivity index (χ1n) is 13.2. The van der Waals surface area contributed by atoms with Gasteiger partial charge in [-0.1, -0.05) is 84.1 Å². The van der Waals surface area contributed by atoms with Gasteiger partial charge in [0, 0.05) is 17.6 Å². The Hall–Kier alpha value is -3.07. The molecule has 0 spiro atoms. The van der Waals surface area contributed by atoms with E-state index in [0.717, 1.165) is 41.1 Å². The molecule has 0 saturated heterocycles. The number of amides is 2. The second-order valence-electron chi connectivity index (χ2n) is 10.1. The van der Waals surface area contributed by atoms with Crippen LogP contribution in [0.2, 0.25) is 10.0 Å². The van der Waals surface area contributed by atoms with E-state index in [1.54, 1.807) is 25.1 Å². The van der Waals surface area contributed by atoms with E-state index in [4.69, 9.17) is 23.2 Å². The predicted octanol–water partition coefficient (Wildman–Crippen LogP) is 5.97. The van der Waals surface area contributed by atoms with Gasteiger partial charge in [0.2, 0.25) is 11.8 Å². The Bertz CT molecular complexity index is 1440. The first-order valence-corrected chi connectivity index (χ1v) is 15.4. The van der Waals surface area contributed by atoms with Crippen molar-refractivity contribution in [2.75, 3.05) is 10.8 Å². The summed E-state index contributed by atoms with van der Waals surface area (Å²) in [5.41, 5.74) is 1.77. The summed E-state index contributed by atoms with van der Waals surface area (Å²) >= 11 is 12.7. The fourth-order valence-corrected chi connectivity index (χ4v) is 6.64. The Kier molecular flexibility index (Phi) is 9.77. The molecule has 10 heteroatoms. The van der Waals surface area contributed by atoms with Crippen LogP contribution in [0, 0.1) is 6.92 Å². The largest absolute Gasteiger partial charge is 0.352 e. The lowest BCUT2D eigenvalue weighted by atomic mass is 10.1. The minimum Gasteiger partial charge on any atom is -0.352 e. The van der Waals surface area contributed by atoms with Gasteiger partial charge in [0.15, 0.2) is 0 Å². The van der Waals surface area contributed by atoms with Gasteiger partial charge in [-0.05, 0) is 62.6 Å². The van der Waals surface area contributed by atoms with Crippen molar-refractivity contribution in [1.29, 1.82) is 0 Å². The summed E-state index contributed by atoms with van der Waals surface area (Å²) in [6.07, 6.45) is 3.91. The lowest BCUT2D eigenvalue weighted by Gasteiger charge is -2.32. The van der Waals surface area contributed by atoms with Crippen molar-refractivity contribution in [1.82, 2.24) is 10.2 Å². The number of hydrogen-bond acceptors (Lipinski definition) is 4. The number of nitrogens with one attached hydrogen (secondary N) is 1. The molecule has 0 aliphatic heterocycles. The van der Waals surface area contributed by atoms with Crippen molar-refractivity contribution in [2.24, 2.45) is 0 Å². The Morgan fingerprint density at radius 2 is 1.62 bits per heavy atom. The molecule has 1 atom stereocenters. The molecule has 0 radical (unpaired) electrons. The van der Waals surface area contributed by atoms with Crippen molar-refractivity contribution in [3.05, 3.63) is 94.0 Å². The van der Waals surface area contributed by atoms with Gasteiger partial charge in [0.05, 0.1) is 15.6 Å². The van der Waals surface area contributed by atoms with E-state index >= 15 is 0 Å². The van der Waals surface area contributed by atoms with Crippen LogP contribution >= 0.6 is 23.2 Å². The summed E-state index contributed by atoms with van der Waals surface area (Å²) in [5, 5.41) is 3.44. The third-order valence-corrected chi connectivity index (χ3v) is 9.46. The zero-order valence-corrected chi connectivity index (χ0v) is 24.8. The van der Waals surface area contributed by atoms with E-state index in [1.807, 2.05) is 37.3 Å². The molecule has 7 nitrogen and oxygen atoms in total. The molecule has 0 bridgehead atoms. The minimum absolute atomic E-state index is 0.00331. The van der Waals surface area contributed by atoms with Gasteiger partial charge in [0.1, 0.15) is 12.6 Å². The van der Waals surface area contributed by atoms with Crippen molar-refractivity contribution in [3.63, 3.8) is 0 Å². The fraction of sp³-hybridized carbons (Fsp3) is 0.333. The lowest BCUT2D eigenvalue weighted by Crippen LogP contribution is -2.52. The van der Waals surface area contributed by atoms with Crippen molar-refractivity contribution < 1.29 is 18.0 Å². The number of halogens is 2. The molecule has 0 unspecified atom stereocenters. The quantitative estimate of drug-likeness (QED) is 0.310. The van der Waals surface area contributed by atoms with Crippen LogP contribution in [-0.4, -0.2) is 43.8 Å². The topological polar surface area (TPSA) is 86.8 Å². The Morgan fingerprint density at radius 3 is 2.27 bits per heavy atom. The second kappa shape index (κ2) is 13.1. The highest BCUT2D eigenvalue weighted by molar-refractivity contribution is 7.92. The number of carbonyl (C=O) groups excluding carboxylic acids is 2. The highest BCUT2D eigenvalue weighted by Gasteiger charge is 2.34. The third kappa shape index (κ3) is 7.16. The summed E-state index contributed by atoms with van der Waals surface area (Å²) in [4.78, 5) is 28.7. The molecule has 1 N–H and O–H groups in total. The summed E-state index contributed by atoms with van der Waals surface area (Å²) in [6.45, 7) is 3.06. The van der Waals surface area contributed by atoms with Gasteiger partial charge >= 0.3 is 0 Å². The van der Waals surface area contributed by atoms with Crippen LogP contribution in [-0.2, 0) is 26.2 Å². The van der Waals surface area contributed by atoms with Crippen LogP contribution in [0.4, 0.5) is 5.69 Å². The number of nitrogens with zero attached hydrogens (tertiary/aromatic N) is 2. The molecule has 1 aliphatic carbocycles. The van der Waals surface area contributed by atoms with Crippen molar-refractivity contribution in [2.45, 2.75) is 63.1 Å². The summed E-state index contributed by atoms with van der Waals surface area (Å²) in [6, 6.07) is 19.3. The number of aryl methyl sites for hydroxylation is 1. The highest BCUT2D eigenvalue weighted by Crippen LogP contribution is 2.33. The number of rotatable bonds is 10. The van der Waals surface area contributed by atoms with Crippen molar-refractivity contribution >= 4 is 50.7 Å². The van der Waals surface area contributed by atoms with E-state index in [1.165, 1.54) is 29.2 Å². The molecule has 0 aromatic heterocycles. The van der Waals surface area contributed by atoms with E-state index in [0.29, 0.717) is 0 Å². The zero-order valence-electron chi connectivity index (χ0n) is 22.5. The van der Waals surface area contributed by atoms with E-state index in [9.17, 15) is 18.0 Å². The lowest BCUT2D eigenvalue weighted by molar-refractivity contribution is -0.139. The average molecular weight is 603 g/mol. The Morgan fingerprint density at radius 1 is 0.975 bits per heavy atom. The van der Waals surface area contributed by atoms with Gasteiger partial charge in [-0.15, -0.1) is 0 Å². The summed E-state index contributed by atoms with van der Waals surface area (Å²) in [5.74, 6) is -0.824. The highest BCUT2D eigenvalue weighted by atomic mass is 35.5. The molecule has 1 saturated carbocycles. The molecule has 3 aromatic carbocycles. The molecule has 2 amide bonds. The number of sulfonamides is 1.